The highest BCUT2D eigenvalue weighted by molar-refractivity contribution is 7.80. The summed E-state index contributed by atoms with van der Waals surface area (Å²) in [5, 5.41) is -3.98. The van der Waals surface area contributed by atoms with Crippen LogP contribution in [0.4, 0.5) is 39.5 Å². The Morgan fingerprint density at radius 1 is 0.571 bits per heavy atom. The van der Waals surface area contributed by atoms with Crippen molar-refractivity contribution in [2.45, 2.75) is 23.4 Å². The van der Waals surface area contributed by atoms with Gasteiger partial charge in [-0.15, -0.1) is 12.6 Å². The first kappa shape index (κ1) is 18.6. The zero-order valence-electron chi connectivity index (χ0n) is 9.10. The van der Waals surface area contributed by atoms with Crippen LogP contribution in [-0.4, -0.2) is 0 Å². The summed E-state index contributed by atoms with van der Waals surface area (Å²) >= 11 is 12.9. The monoisotopic (exact) mass is 382 g/mol. The minimum absolute atomic E-state index is 1.82. The quantitative estimate of drug-likeness (QED) is 0.392. The van der Waals surface area contributed by atoms with Gasteiger partial charge in [-0.1, -0.05) is 23.2 Å². The lowest BCUT2D eigenvalue weighted by atomic mass is 10.0. The lowest BCUT2D eigenvalue weighted by Gasteiger charge is -2.22. The van der Waals surface area contributed by atoms with E-state index < -0.39 is 50.2 Å². The van der Waals surface area contributed by atoms with Crippen LogP contribution in [0.25, 0.3) is 0 Å². The van der Waals surface area contributed by atoms with E-state index in [1.165, 1.54) is 0 Å². The van der Waals surface area contributed by atoms with E-state index in [-0.39, 0.29) is 0 Å². The molecule has 0 aliphatic rings. The van der Waals surface area contributed by atoms with Crippen LogP contribution in [0.3, 0.4) is 0 Å². The summed E-state index contributed by atoms with van der Waals surface area (Å²) in [5.41, 5.74) is -7.11. The van der Waals surface area contributed by atoms with Gasteiger partial charge in [-0.2, -0.15) is 39.5 Å². The lowest BCUT2D eigenvalue weighted by Crippen LogP contribution is -2.20. The maximum atomic E-state index is 12.7. The maximum Gasteiger partial charge on any atom is 0.419 e. The number of benzene rings is 1. The Bertz CT molecular complexity index is 469. The first-order valence-corrected chi connectivity index (χ1v) is 5.76. The van der Waals surface area contributed by atoms with Gasteiger partial charge in [0.1, 0.15) is 0 Å². The van der Waals surface area contributed by atoms with Crippen molar-refractivity contribution in [3.8, 4) is 0 Å². The van der Waals surface area contributed by atoms with E-state index >= 15 is 0 Å². The van der Waals surface area contributed by atoms with E-state index in [2.05, 4.69) is 12.6 Å². The molecular formula is C9HCl2F9S. The number of hydrogen-bond acceptors (Lipinski definition) is 1. The Hall–Kier alpha value is -0.480. The zero-order chi connectivity index (χ0) is 17.0. The summed E-state index contributed by atoms with van der Waals surface area (Å²) in [6.07, 6.45) is -16.8. The second kappa shape index (κ2) is 5.31. The van der Waals surface area contributed by atoms with Crippen molar-refractivity contribution in [1.82, 2.24) is 0 Å². The molecule has 12 heteroatoms. The van der Waals surface area contributed by atoms with Crippen LogP contribution in [0.5, 0.6) is 0 Å². The molecule has 1 aromatic carbocycles. The van der Waals surface area contributed by atoms with E-state index in [1.807, 2.05) is 0 Å². The SMILES string of the molecule is FC(F)(F)c1c(S)c(C(F)(F)F)c(Cl)c(C(F)(F)F)c1Cl. The van der Waals surface area contributed by atoms with Gasteiger partial charge in [0.15, 0.2) is 0 Å². The van der Waals surface area contributed by atoms with E-state index in [4.69, 9.17) is 23.2 Å². The normalized spacial score (nSPS) is 13.7. The standard InChI is InChI=1S/C9HCl2F9S/c10-4-1(7(12,13)14)5(11)3(9(18,19)20)6(21)2(4)8(15,16)17/h21H. The van der Waals surface area contributed by atoms with Crippen LogP contribution in [0.15, 0.2) is 4.90 Å². The minimum atomic E-state index is -5.62. The van der Waals surface area contributed by atoms with Crippen molar-refractivity contribution in [3.05, 3.63) is 26.7 Å². The molecule has 0 aromatic heterocycles. The van der Waals surface area contributed by atoms with Crippen molar-refractivity contribution in [2.24, 2.45) is 0 Å². The molecule has 0 nitrogen and oxygen atoms in total. The van der Waals surface area contributed by atoms with Crippen LogP contribution in [-0.2, 0) is 18.5 Å². The van der Waals surface area contributed by atoms with Gasteiger partial charge in [-0.3, -0.25) is 0 Å². The zero-order valence-corrected chi connectivity index (χ0v) is 11.5. The van der Waals surface area contributed by atoms with Crippen LogP contribution in [0, 0.1) is 0 Å². The molecule has 120 valence electrons. The third-order valence-electron chi connectivity index (χ3n) is 2.20. The van der Waals surface area contributed by atoms with Gasteiger partial charge >= 0.3 is 18.5 Å². The molecule has 0 N–H and O–H groups in total. The molecule has 0 saturated heterocycles. The average molecular weight is 383 g/mol. The molecule has 0 spiro atoms. The second-order valence-corrected chi connectivity index (χ2v) is 4.80. The fourth-order valence-electron chi connectivity index (χ4n) is 1.45. The van der Waals surface area contributed by atoms with Gasteiger partial charge in [0.2, 0.25) is 0 Å². The lowest BCUT2D eigenvalue weighted by molar-refractivity contribution is -0.151. The van der Waals surface area contributed by atoms with Crippen LogP contribution in [0.1, 0.15) is 16.7 Å². The summed E-state index contributed by atoms with van der Waals surface area (Å²) in [6, 6.07) is 0. The van der Waals surface area contributed by atoms with Crippen LogP contribution in [0.2, 0.25) is 10.0 Å². The minimum Gasteiger partial charge on any atom is -0.166 e. The molecule has 1 aromatic rings. The number of rotatable bonds is 0. The van der Waals surface area contributed by atoms with Gasteiger partial charge in [-0.25, -0.2) is 0 Å². The number of hydrogen-bond donors (Lipinski definition) is 1. The van der Waals surface area contributed by atoms with Gasteiger partial charge < -0.3 is 0 Å². The fourth-order valence-corrected chi connectivity index (χ4v) is 2.91. The van der Waals surface area contributed by atoms with Crippen molar-refractivity contribution < 1.29 is 39.5 Å². The summed E-state index contributed by atoms with van der Waals surface area (Å²) in [6.45, 7) is 0. The fraction of sp³-hybridized carbons (Fsp3) is 0.333. The molecular weight excluding hydrogens is 382 g/mol. The highest BCUT2D eigenvalue weighted by Gasteiger charge is 2.49. The van der Waals surface area contributed by atoms with E-state index in [0.717, 1.165) is 0 Å². The Labute approximate surface area is 126 Å². The molecule has 0 bridgehead atoms. The highest BCUT2D eigenvalue weighted by atomic mass is 35.5. The van der Waals surface area contributed by atoms with Crippen LogP contribution < -0.4 is 0 Å². The number of thiol groups is 1. The molecule has 0 aliphatic carbocycles. The van der Waals surface area contributed by atoms with Gasteiger partial charge in [0.05, 0.1) is 26.7 Å². The Morgan fingerprint density at radius 2 is 0.810 bits per heavy atom. The maximum absolute atomic E-state index is 12.7. The Kier molecular flexibility index (Phi) is 4.69. The summed E-state index contributed by atoms with van der Waals surface area (Å²) in [4.78, 5) is -1.82. The summed E-state index contributed by atoms with van der Waals surface area (Å²) in [7, 11) is 0. The van der Waals surface area contributed by atoms with Crippen molar-refractivity contribution >= 4 is 35.8 Å². The summed E-state index contributed by atoms with van der Waals surface area (Å²) < 4.78 is 114. The molecule has 0 unspecified atom stereocenters. The smallest absolute Gasteiger partial charge is 0.166 e. The van der Waals surface area contributed by atoms with Crippen molar-refractivity contribution in [3.63, 3.8) is 0 Å². The largest absolute Gasteiger partial charge is 0.419 e. The van der Waals surface area contributed by atoms with Gasteiger partial charge in [-0.05, 0) is 0 Å². The Balaban J connectivity index is 4.04. The molecule has 0 atom stereocenters. The molecule has 0 saturated carbocycles. The topological polar surface area (TPSA) is 0 Å². The second-order valence-electron chi connectivity index (χ2n) is 3.59. The molecule has 21 heavy (non-hydrogen) atoms. The number of halogens is 11. The van der Waals surface area contributed by atoms with Gasteiger partial charge in [0.25, 0.3) is 0 Å². The first-order valence-electron chi connectivity index (χ1n) is 4.55. The van der Waals surface area contributed by atoms with E-state index in [1.54, 1.807) is 0 Å². The third kappa shape index (κ3) is 3.48. The predicted molar refractivity (Wildman–Crippen MR) is 58.7 cm³/mol. The first-order chi connectivity index (χ1) is 9.10. The molecule has 0 fully saturated rings. The Morgan fingerprint density at radius 3 is 1.00 bits per heavy atom. The molecule has 1 rings (SSSR count). The number of alkyl halides is 9. The molecule has 0 radical (unpaired) electrons. The van der Waals surface area contributed by atoms with Gasteiger partial charge in [0, 0.05) is 4.90 Å². The van der Waals surface area contributed by atoms with E-state index in [9.17, 15) is 39.5 Å². The molecule has 0 aliphatic heterocycles. The van der Waals surface area contributed by atoms with Crippen LogP contribution >= 0.6 is 35.8 Å². The third-order valence-corrected chi connectivity index (χ3v) is 3.41. The van der Waals surface area contributed by atoms with E-state index in [0.29, 0.717) is 0 Å². The highest BCUT2D eigenvalue weighted by Crippen LogP contribution is 2.53. The molecule has 0 heterocycles. The predicted octanol–water partition coefficient (Wildman–Crippen LogP) is 6.34. The van der Waals surface area contributed by atoms with Crippen molar-refractivity contribution in [2.75, 3.05) is 0 Å². The average Bonchev–Trinajstić information content (AvgIpc) is 2.07. The summed E-state index contributed by atoms with van der Waals surface area (Å²) in [5.74, 6) is 0. The van der Waals surface area contributed by atoms with Crippen molar-refractivity contribution in [1.29, 1.82) is 0 Å². The molecule has 0 amide bonds.